The predicted octanol–water partition coefficient (Wildman–Crippen LogP) is 3.73. The lowest BCUT2D eigenvalue weighted by Crippen LogP contribution is -2.38. The highest BCUT2D eigenvalue weighted by Crippen LogP contribution is 2.28. The van der Waals surface area contributed by atoms with Crippen LogP contribution in [0, 0.1) is 0 Å². The van der Waals surface area contributed by atoms with E-state index < -0.39 is 9.84 Å². The van der Waals surface area contributed by atoms with E-state index >= 15 is 0 Å². The van der Waals surface area contributed by atoms with Gasteiger partial charge in [-0.1, -0.05) is 52.0 Å². The Kier molecular flexibility index (Phi) is 9.34. The van der Waals surface area contributed by atoms with Gasteiger partial charge in [-0.25, -0.2) is 8.42 Å². The average Bonchev–Trinajstić information content (AvgIpc) is 2.75. The van der Waals surface area contributed by atoms with E-state index in [0.29, 0.717) is 11.4 Å². The van der Waals surface area contributed by atoms with Crippen molar-refractivity contribution in [3.8, 4) is 0 Å². The highest BCUT2D eigenvalue weighted by molar-refractivity contribution is 7.91. The number of nitrogens with zero attached hydrogens (tertiary/aromatic N) is 2. The fourth-order valence-corrected chi connectivity index (χ4v) is 6.04. The van der Waals surface area contributed by atoms with Crippen LogP contribution in [0.2, 0.25) is 0 Å². The first kappa shape index (κ1) is 25.2. The van der Waals surface area contributed by atoms with Gasteiger partial charge in [0.25, 0.3) is 0 Å². The Labute approximate surface area is 188 Å². The lowest BCUT2D eigenvalue weighted by atomic mass is 10.1. The molecule has 31 heavy (non-hydrogen) atoms. The van der Waals surface area contributed by atoms with Crippen LogP contribution in [0.15, 0.2) is 48.5 Å². The second-order valence-corrected chi connectivity index (χ2v) is 10.0. The number of nitrogens with two attached hydrogens (primary N) is 2. The molecule has 172 valence electrons. The van der Waals surface area contributed by atoms with Gasteiger partial charge in [-0.2, -0.15) is 0 Å². The van der Waals surface area contributed by atoms with Crippen molar-refractivity contribution in [3.63, 3.8) is 0 Å². The molecule has 2 atom stereocenters. The van der Waals surface area contributed by atoms with Crippen LogP contribution in [0.3, 0.4) is 0 Å². The Bertz CT molecular complexity index is 821. The minimum atomic E-state index is -3.37. The van der Waals surface area contributed by atoms with Crippen molar-refractivity contribution in [2.45, 2.75) is 39.8 Å². The predicted molar refractivity (Wildman–Crippen MR) is 132 cm³/mol. The molecule has 2 aromatic carbocycles. The van der Waals surface area contributed by atoms with Crippen LogP contribution in [0.25, 0.3) is 0 Å². The molecule has 0 saturated carbocycles. The van der Waals surface area contributed by atoms with E-state index in [9.17, 15) is 8.42 Å². The van der Waals surface area contributed by atoms with E-state index in [1.807, 2.05) is 48.5 Å². The van der Waals surface area contributed by atoms with Crippen LogP contribution in [-0.2, 0) is 9.84 Å². The quantitative estimate of drug-likeness (QED) is 0.483. The van der Waals surface area contributed by atoms with E-state index in [1.165, 1.54) is 0 Å². The molecule has 0 spiro atoms. The summed E-state index contributed by atoms with van der Waals surface area (Å²) in [5.74, 6) is 0.149. The molecule has 0 aliphatic carbocycles. The van der Waals surface area contributed by atoms with Gasteiger partial charge in [0.15, 0.2) is 9.84 Å². The SMILES string of the molecule is CCN(CC)C(CS(=O)(=O)CC(c1ccc(N)cc1)N(CC)CC)c1ccc(N)cc1. The first-order valence-corrected chi connectivity index (χ1v) is 13.0. The van der Waals surface area contributed by atoms with E-state index in [1.54, 1.807) is 0 Å². The fraction of sp³-hybridized carbons (Fsp3) is 0.500. The molecule has 0 bridgehead atoms. The van der Waals surface area contributed by atoms with Crippen molar-refractivity contribution in [2.24, 2.45) is 0 Å². The van der Waals surface area contributed by atoms with Gasteiger partial charge >= 0.3 is 0 Å². The summed E-state index contributed by atoms with van der Waals surface area (Å²) in [6.07, 6.45) is 0. The second-order valence-electron chi connectivity index (χ2n) is 7.88. The summed E-state index contributed by atoms with van der Waals surface area (Å²) in [4.78, 5) is 4.39. The molecule has 0 aliphatic rings. The summed E-state index contributed by atoms with van der Waals surface area (Å²) in [7, 11) is -3.37. The molecule has 6 nitrogen and oxygen atoms in total. The van der Waals surface area contributed by atoms with Gasteiger partial charge in [-0.3, -0.25) is 9.80 Å². The number of nitrogen functional groups attached to an aromatic ring is 2. The number of anilines is 2. The first-order chi connectivity index (χ1) is 14.7. The van der Waals surface area contributed by atoms with E-state index in [-0.39, 0.29) is 23.6 Å². The van der Waals surface area contributed by atoms with Crippen molar-refractivity contribution in [1.29, 1.82) is 0 Å². The molecule has 7 heteroatoms. The first-order valence-electron chi connectivity index (χ1n) is 11.1. The molecular weight excluding hydrogens is 408 g/mol. The molecule has 2 unspecified atom stereocenters. The molecule has 4 N–H and O–H groups in total. The van der Waals surface area contributed by atoms with Gasteiger partial charge in [0.2, 0.25) is 0 Å². The standard InChI is InChI=1S/C24H38N4O2S/c1-5-27(6-2)23(19-9-13-21(25)14-10-19)17-31(29,30)18-24(28(7-3)8-4)20-11-15-22(26)16-12-20/h9-16,23-24H,5-8,17-18,25-26H2,1-4H3. The van der Waals surface area contributed by atoms with Crippen LogP contribution in [-0.4, -0.2) is 55.9 Å². The number of rotatable bonds is 12. The third-order valence-electron chi connectivity index (χ3n) is 5.97. The molecule has 0 aliphatic heterocycles. The van der Waals surface area contributed by atoms with E-state index in [4.69, 9.17) is 11.5 Å². The van der Waals surface area contributed by atoms with E-state index in [0.717, 1.165) is 37.3 Å². The maximum absolute atomic E-state index is 13.5. The van der Waals surface area contributed by atoms with Gasteiger partial charge in [0.05, 0.1) is 11.5 Å². The van der Waals surface area contributed by atoms with Gasteiger partial charge in [0.1, 0.15) is 0 Å². The Morgan fingerprint density at radius 1 is 0.645 bits per heavy atom. The maximum Gasteiger partial charge on any atom is 0.154 e. The van der Waals surface area contributed by atoms with Crippen molar-refractivity contribution in [1.82, 2.24) is 9.80 Å². The third kappa shape index (κ3) is 6.95. The van der Waals surface area contributed by atoms with Crippen molar-refractivity contribution < 1.29 is 8.42 Å². The summed E-state index contributed by atoms with van der Waals surface area (Å²) in [6.45, 7) is 11.4. The average molecular weight is 447 g/mol. The summed E-state index contributed by atoms with van der Waals surface area (Å²) >= 11 is 0. The smallest absolute Gasteiger partial charge is 0.154 e. The van der Waals surface area contributed by atoms with E-state index in [2.05, 4.69) is 37.5 Å². The van der Waals surface area contributed by atoms with Crippen molar-refractivity contribution in [2.75, 3.05) is 49.2 Å². The number of benzene rings is 2. The molecular formula is C24H38N4O2S. The molecule has 0 fully saturated rings. The monoisotopic (exact) mass is 446 g/mol. The molecule has 0 saturated heterocycles. The van der Waals surface area contributed by atoms with Gasteiger partial charge in [-0.05, 0) is 61.6 Å². The molecule has 2 rings (SSSR count). The van der Waals surface area contributed by atoms with Crippen LogP contribution in [0.4, 0.5) is 11.4 Å². The van der Waals surface area contributed by atoms with Crippen LogP contribution in [0.1, 0.15) is 50.9 Å². The lowest BCUT2D eigenvalue weighted by Gasteiger charge is -2.33. The highest BCUT2D eigenvalue weighted by atomic mass is 32.2. The summed E-state index contributed by atoms with van der Waals surface area (Å²) in [5, 5.41) is 0. The molecule has 2 aromatic rings. The van der Waals surface area contributed by atoms with Crippen LogP contribution >= 0.6 is 0 Å². The topological polar surface area (TPSA) is 92.7 Å². The molecule has 0 radical (unpaired) electrons. The fourth-order valence-electron chi connectivity index (χ4n) is 4.14. The Morgan fingerprint density at radius 3 is 1.19 bits per heavy atom. The van der Waals surface area contributed by atoms with Gasteiger partial charge < -0.3 is 11.5 Å². The third-order valence-corrected chi connectivity index (χ3v) is 7.62. The number of hydrogen-bond donors (Lipinski definition) is 2. The maximum atomic E-state index is 13.5. The Hall–Kier alpha value is -2.09. The second kappa shape index (κ2) is 11.5. The van der Waals surface area contributed by atoms with Crippen LogP contribution in [0.5, 0.6) is 0 Å². The normalized spacial score (nSPS) is 14.1. The zero-order valence-electron chi connectivity index (χ0n) is 19.3. The molecule has 0 aromatic heterocycles. The summed E-state index contributed by atoms with van der Waals surface area (Å²) in [5.41, 5.74) is 15.0. The van der Waals surface area contributed by atoms with Crippen molar-refractivity contribution >= 4 is 21.2 Å². The van der Waals surface area contributed by atoms with Gasteiger partial charge in [0, 0.05) is 23.5 Å². The van der Waals surface area contributed by atoms with Gasteiger partial charge in [-0.15, -0.1) is 0 Å². The minimum absolute atomic E-state index is 0.0747. The zero-order valence-corrected chi connectivity index (χ0v) is 20.1. The molecule has 0 amide bonds. The number of sulfone groups is 1. The van der Waals surface area contributed by atoms with Crippen LogP contribution < -0.4 is 11.5 Å². The Morgan fingerprint density at radius 2 is 0.935 bits per heavy atom. The van der Waals surface area contributed by atoms with Crippen molar-refractivity contribution in [3.05, 3.63) is 59.7 Å². The largest absolute Gasteiger partial charge is 0.399 e. The minimum Gasteiger partial charge on any atom is -0.399 e. The summed E-state index contributed by atoms with van der Waals surface area (Å²) in [6, 6.07) is 14.7. The lowest BCUT2D eigenvalue weighted by molar-refractivity contribution is 0.229. The Balaban J connectivity index is 2.35. The highest BCUT2D eigenvalue weighted by Gasteiger charge is 2.30. The molecule has 0 heterocycles. The number of hydrogen-bond acceptors (Lipinski definition) is 6. The zero-order chi connectivity index (χ0) is 23.0. The summed E-state index contributed by atoms with van der Waals surface area (Å²) < 4.78 is 27.0.